The van der Waals surface area contributed by atoms with E-state index in [1.54, 1.807) is 34.2 Å². The molecule has 1 aliphatic heterocycles. The van der Waals surface area contributed by atoms with Crippen LogP contribution < -0.4 is 5.32 Å². The fourth-order valence-corrected chi connectivity index (χ4v) is 5.01. The van der Waals surface area contributed by atoms with Crippen molar-refractivity contribution in [2.24, 2.45) is 0 Å². The summed E-state index contributed by atoms with van der Waals surface area (Å²) in [6, 6.07) is 9.44. The molecule has 1 saturated heterocycles. The molecule has 3 aromatic rings. The minimum Gasteiger partial charge on any atom is -0.379 e. The highest BCUT2D eigenvalue weighted by Crippen LogP contribution is 2.29. The van der Waals surface area contributed by atoms with Gasteiger partial charge in [-0.2, -0.15) is 0 Å². The van der Waals surface area contributed by atoms with E-state index >= 15 is 0 Å². The molecule has 10 heteroatoms. The third kappa shape index (κ3) is 4.94. The van der Waals surface area contributed by atoms with Crippen LogP contribution in [0.4, 0.5) is 0 Å². The van der Waals surface area contributed by atoms with Gasteiger partial charge in [0, 0.05) is 30.9 Å². The number of nitrogens with zero attached hydrogens (tertiary/aromatic N) is 4. The number of hydrogen-bond donors (Lipinski definition) is 1. The Morgan fingerprint density at radius 2 is 1.97 bits per heavy atom. The number of para-hydroxylation sites is 1. The van der Waals surface area contributed by atoms with E-state index in [2.05, 4.69) is 31.7 Å². The normalized spacial score (nSPS) is 15.7. The third-order valence-electron chi connectivity index (χ3n) is 5.16. The highest BCUT2D eigenvalue weighted by molar-refractivity contribution is 7.10. The average molecular weight is 480 g/mol. The highest BCUT2D eigenvalue weighted by atomic mass is 35.5. The van der Waals surface area contributed by atoms with Crippen LogP contribution in [-0.2, 0) is 11.2 Å². The maximum absolute atomic E-state index is 12.9. The Morgan fingerprint density at radius 1 is 1.23 bits per heavy atom. The molecule has 1 unspecified atom stereocenters. The van der Waals surface area contributed by atoms with Gasteiger partial charge in [0.2, 0.25) is 5.82 Å². The number of hydrogen-bond acceptors (Lipinski definition) is 6. The molecule has 0 aliphatic carbocycles. The molecule has 1 N–H and O–H groups in total. The summed E-state index contributed by atoms with van der Waals surface area (Å²) in [4.78, 5) is 20.9. The van der Waals surface area contributed by atoms with Gasteiger partial charge < -0.3 is 10.1 Å². The molecule has 0 radical (unpaired) electrons. The monoisotopic (exact) mass is 479 g/mol. The molecule has 7 nitrogen and oxygen atoms in total. The van der Waals surface area contributed by atoms with E-state index in [1.165, 1.54) is 4.88 Å². The first-order chi connectivity index (χ1) is 15.1. The Balaban J connectivity index is 1.53. The van der Waals surface area contributed by atoms with Crippen LogP contribution in [0.2, 0.25) is 10.0 Å². The summed E-state index contributed by atoms with van der Waals surface area (Å²) < 4.78 is 7.04. The summed E-state index contributed by atoms with van der Waals surface area (Å²) in [7, 11) is 0. The number of amides is 1. The Kier molecular flexibility index (Phi) is 7.24. The van der Waals surface area contributed by atoms with Gasteiger partial charge in [-0.1, -0.05) is 42.3 Å². The standard InChI is InChI=1S/C21H23Cl2N5O2S/c1-2-18-25-20(26-28(18)19-14(22)5-3-6-15(19)23)21(29)24-13-16(17-7-4-12-31-17)27-8-10-30-11-9-27/h3-7,12,16H,2,8-11,13H2,1H3,(H,24,29). The van der Waals surface area contributed by atoms with Crippen molar-refractivity contribution in [3.63, 3.8) is 0 Å². The van der Waals surface area contributed by atoms with Crippen molar-refractivity contribution in [2.45, 2.75) is 19.4 Å². The van der Waals surface area contributed by atoms with Crippen molar-refractivity contribution >= 4 is 40.4 Å². The number of aromatic nitrogens is 3. The molecule has 1 atom stereocenters. The molecule has 1 aromatic carbocycles. The molecule has 2 aromatic heterocycles. The van der Waals surface area contributed by atoms with Crippen molar-refractivity contribution in [1.82, 2.24) is 25.0 Å². The SMILES string of the molecule is CCc1nc(C(=O)NCC(c2cccs2)N2CCOCC2)nn1-c1c(Cl)cccc1Cl. The van der Waals surface area contributed by atoms with Crippen LogP contribution in [0.1, 0.15) is 34.3 Å². The third-order valence-corrected chi connectivity index (χ3v) is 6.74. The predicted molar refractivity (Wildman–Crippen MR) is 123 cm³/mol. The molecular formula is C21H23Cl2N5O2S. The molecule has 1 fully saturated rings. The van der Waals surface area contributed by atoms with Crippen LogP contribution in [0.15, 0.2) is 35.7 Å². The zero-order valence-corrected chi connectivity index (χ0v) is 19.4. The van der Waals surface area contributed by atoms with Gasteiger partial charge in [0.15, 0.2) is 0 Å². The lowest BCUT2D eigenvalue weighted by Crippen LogP contribution is -2.43. The van der Waals surface area contributed by atoms with Gasteiger partial charge >= 0.3 is 0 Å². The van der Waals surface area contributed by atoms with Gasteiger partial charge in [-0.15, -0.1) is 16.4 Å². The van der Waals surface area contributed by atoms with Crippen molar-refractivity contribution in [3.05, 3.63) is 62.3 Å². The van der Waals surface area contributed by atoms with Gasteiger partial charge in [0.1, 0.15) is 11.5 Å². The number of rotatable bonds is 7. The lowest BCUT2D eigenvalue weighted by Gasteiger charge is -2.34. The first-order valence-corrected chi connectivity index (χ1v) is 11.8. The molecular weight excluding hydrogens is 457 g/mol. The zero-order chi connectivity index (χ0) is 21.8. The lowest BCUT2D eigenvalue weighted by atomic mass is 10.2. The van der Waals surface area contributed by atoms with E-state index in [1.807, 2.05) is 13.0 Å². The summed E-state index contributed by atoms with van der Waals surface area (Å²) in [6.45, 7) is 5.45. The number of thiophene rings is 1. The number of carbonyl (C=O) groups is 1. The number of halogens is 2. The Bertz CT molecular complexity index is 1010. The van der Waals surface area contributed by atoms with Crippen molar-refractivity contribution < 1.29 is 9.53 Å². The fourth-order valence-electron chi connectivity index (χ4n) is 3.59. The summed E-state index contributed by atoms with van der Waals surface area (Å²) in [5, 5.41) is 10.4. The van der Waals surface area contributed by atoms with Gasteiger partial charge in [0.25, 0.3) is 5.91 Å². The second-order valence-corrected chi connectivity index (χ2v) is 8.87. The smallest absolute Gasteiger partial charge is 0.291 e. The molecule has 31 heavy (non-hydrogen) atoms. The number of carbonyl (C=O) groups excluding carboxylic acids is 1. The summed E-state index contributed by atoms with van der Waals surface area (Å²) in [5.74, 6) is 0.384. The number of benzene rings is 1. The summed E-state index contributed by atoms with van der Waals surface area (Å²) in [5.41, 5.74) is 0.527. The van der Waals surface area contributed by atoms with E-state index in [0.29, 0.717) is 47.7 Å². The van der Waals surface area contributed by atoms with E-state index in [4.69, 9.17) is 27.9 Å². The molecule has 0 bridgehead atoms. The first-order valence-electron chi connectivity index (χ1n) is 10.1. The minimum atomic E-state index is -0.327. The molecule has 1 amide bonds. The number of ether oxygens (including phenoxy) is 1. The predicted octanol–water partition coefficient (Wildman–Crippen LogP) is 4.00. The second kappa shape index (κ2) is 10.1. The van der Waals surface area contributed by atoms with Crippen molar-refractivity contribution in [2.75, 3.05) is 32.8 Å². The number of aryl methyl sites for hydroxylation is 1. The van der Waals surface area contributed by atoms with Gasteiger partial charge in [-0.05, 0) is 23.6 Å². The summed E-state index contributed by atoms with van der Waals surface area (Å²) in [6.07, 6.45) is 0.577. The minimum absolute atomic E-state index is 0.0820. The first kappa shape index (κ1) is 22.2. The molecule has 1 aliphatic rings. The molecule has 4 rings (SSSR count). The number of nitrogens with one attached hydrogen (secondary N) is 1. The van der Waals surface area contributed by atoms with Crippen molar-refractivity contribution in [1.29, 1.82) is 0 Å². The second-order valence-electron chi connectivity index (χ2n) is 7.08. The number of morpholine rings is 1. The van der Waals surface area contributed by atoms with E-state index in [-0.39, 0.29) is 17.8 Å². The maximum atomic E-state index is 12.9. The van der Waals surface area contributed by atoms with Crippen LogP contribution >= 0.6 is 34.5 Å². The van der Waals surface area contributed by atoms with Crippen LogP contribution in [0, 0.1) is 0 Å². The zero-order valence-electron chi connectivity index (χ0n) is 17.1. The van der Waals surface area contributed by atoms with E-state index < -0.39 is 0 Å². The molecule has 0 saturated carbocycles. The molecule has 3 heterocycles. The van der Waals surface area contributed by atoms with Gasteiger partial charge in [0.05, 0.1) is 29.3 Å². The maximum Gasteiger partial charge on any atom is 0.291 e. The van der Waals surface area contributed by atoms with Crippen molar-refractivity contribution in [3.8, 4) is 5.69 Å². The van der Waals surface area contributed by atoms with E-state index in [9.17, 15) is 4.79 Å². The quantitative estimate of drug-likeness (QED) is 0.554. The Labute approximate surface area is 194 Å². The Hall–Kier alpha value is -1.97. The Morgan fingerprint density at radius 3 is 2.61 bits per heavy atom. The molecule has 0 spiro atoms. The van der Waals surface area contributed by atoms with Crippen LogP contribution in [-0.4, -0.2) is 58.4 Å². The average Bonchev–Trinajstić information content (AvgIpc) is 3.45. The largest absolute Gasteiger partial charge is 0.379 e. The fraction of sp³-hybridized carbons (Fsp3) is 0.381. The van der Waals surface area contributed by atoms with Gasteiger partial charge in [-0.25, -0.2) is 9.67 Å². The lowest BCUT2D eigenvalue weighted by molar-refractivity contribution is 0.0169. The highest BCUT2D eigenvalue weighted by Gasteiger charge is 2.25. The van der Waals surface area contributed by atoms with Crippen LogP contribution in [0.25, 0.3) is 5.69 Å². The van der Waals surface area contributed by atoms with Gasteiger partial charge in [-0.3, -0.25) is 9.69 Å². The van der Waals surface area contributed by atoms with Crippen LogP contribution in [0.5, 0.6) is 0 Å². The van der Waals surface area contributed by atoms with E-state index in [0.717, 1.165) is 13.1 Å². The topological polar surface area (TPSA) is 72.3 Å². The van der Waals surface area contributed by atoms with Crippen LogP contribution in [0.3, 0.4) is 0 Å². The summed E-state index contributed by atoms with van der Waals surface area (Å²) >= 11 is 14.4. The molecule has 164 valence electrons.